The molecule has 24 aromatic rings. The van der Waals surface area contributed by atoms with Gasteiger partial charge in [-0.15, -0.1) is 0 Å². The van der Waals surface area contributed by atoms with Crippen molar-refractivity contribution in [2.75, 3.05) is 0 Å². The molecule has 124 heavy (non-hydrogen) atoms. The second kappa shape index (κ2) is 30.8. The van der Waals surface area contributed by atoms with Crippen molar-refractivity contribution in [1.82, 2.24) is 39.2 Å². The van der Waals surface area contributed by atoms with Crippen LogP contribution in [0, 0.1) is 0 Å². The van der Waals surface area contributed by atoms with Crippen LogP contribution in [-0.4, -0.2) is 39.2 Å². The van der Waals surface area contributed by atoms with Crippen LogP contribution in [0.1, 0.15) is 0 Å². The van der Waals surface area contributed by atoms with Crippen molar-refractivity contribution < 1.29 is 8.83 Å². The van der Waals surface area contributed by atoms with Crippen LogP contribution >= 0.6 is 0 Å². The SMILES string of the molecule is c1ccc(-c2nc(-c3ccc(-c4nn5c(-c6ccccc6)cc6ccccc6c5c4-c4ccccc4)cc3)cc(-c3ccc(-c4cccc5c4oc4ccccc45)cc3)n2)cc1.c1ccc(-c2nc(-c3ccc(-c4nn5c(-c6ccccc6)cc6ccccc6c5c4-c4ccccc4)cc3)cc(-c3cccc(-c4cccc5c4oc4ccccc45)c3)n2)cc1. The Morgan fingerprint density at radius 1 is 0.194 bits per heavy atom. The molecule has 0 atom stereocenters. The van der Waals surface area contributed by atoms with E-state index in [1.807, 2.05) is 60.7 Å². The van der Waals surface area contributed by atoms with Gasteiger partial charge in [-0.2, -0.15) is 10.2 Å². The summed E-state index contributed by atoms with van der Waals surface area (Å²) < 4.78 is 17.1. The van der Waals surface area contributed by atoms with Crippen molar-refractivity contribution in [3.8, 4) is 157 Å². The Labute approximate surface area is 713 Å². The van der Waals surface area contributed by atoms with Crippen LogP contribution in [0.25, 0.3) is 234 Å². The van der Waals surface area contributed by atoms with Crippen LogP contribution in [0.3, 0.4) is 0 Å². The number of aromatic nitrogens is 8. The van der Waals surface area contributed by atoms with Gasteiger partial charge in [-0.3, -0.25) is 0 Å². The Morgan fingerprint density at radius 2 is 0.492 bits per heavy atom. The molecule has 580 valence electrons. The molecule has 10 nitrogen and oxygen atoms in total. The number of benzene rings is 16. The smallest absolute Gasteiger partial charge is 0.160 e. The summed E-state index contributed by atoms with van der Waals surface area (Å²) in [6, 6.07) is 152. The van der Waals surface area contributed by atoms with E-state index in [2.05, 4.69) is 385 Å². The average molecular weight is 1590 g/mol. The standard InChI is InChI=1S/2C57H36N4O/c1-4-16-38(17-5-1)51-35-43-22-10-11-25-45(43)55-53(39-18-6-2-7-19-39)54(60-61(51)55)40-32-30-37(31-33-40)49-36-50(59-57(58-49)41-20-8-3-9-21-41)44-24-14-23-42(34-44)46-27-15-28-48-47-26-12-13-29-52(47)62-56(46)48;1-4-15-40(16-5-1)51-35-44-21-10-11-22-45(44)55-53(41-17-6-2-7-18-41)54(60-61(51)55)42-33-31-39(32-34-42)50-36-49(58-57(59-50)43-19-8-3-9-20-43)38-29-27-37(28-30-38)46-24-14-25-48-47-23-12-13-26-52(47)62-56(46)48/h2*1-36H. The first-order valence-electron chi connectivity index (χ1n) is 41.7. The third-order valence-electron chi connectivity index (χ3n) is 23.7. The number of nitrogens with zero attached hydrogens (tertiary/aromatic N) is 8. The highest BCUT2D eigenvalue weighted by Gasteiger charge is 2.26. The first-order chi connectivity index (χ1) is 61.5. The van der Waals surface area contributed by atoms with Gasteiger partial charge >= 0.3 is 0 Å². The van der Waals surface area contributed by atoms with Gasteiger partial charge in [-0.1, -0.05) is 394 Å². The maximum Gasteiger partial charge on any atom is 0.160 e. The van der Waals surface area contributed by atoms with Gasteiger partial charge < -0.3 is 8.83 Å². The third-order valence-corrected chi connectivity index (χ3v) is 23.7. The van der Waals surface area contributed by atoms with E-state index < -0.39 is 0 Å². The number of hydrogen-bond acceptors (Lipinski definition) is 8. The van der Waals surface area contributed by atoms with Crippen molar-refractivity contribution in [1.29, 1.82) is 0 Å². The van der Waals surface area contributed by atoms with Crippen LogP contribution < -0.4 is 0 Å². The fourth-order valence-corrected chi connectivity index (χ4v) is 17.7. The fourth-order valence-electron chi connectivity index (χ4n) is 17.7. The number of hydrogen-bond donors (Lipinski definition) is 0. The van der Waals surface area contributed by atoms with Crippen LogP contribution in [0.15, 0.2) is 446 Å². The van der Waals surface area contributed by atoms with Gasteiger partial charge in [0.25, 0.3) is 0 Å². The Hall–Kier alpha value is -16.8. The van der Waals surface area contributed by atoms with E-state index in [4.69, 9.17) is 39.0 Å². The second-order valence-corrected chi connectivity index (χ2v) is 31.2. The van der Waals surface area contributed by atoms with E-state index in [-0.39, 0.29) is 0 Å². The molecule has 24 rings (SSSR count). The van der Waals surface area contributed by atoms with Crippen molar-refractivity contribution in [2.24, 2.45) is 0 Å². The predicted molar refractivity (Wildman–Crippen MR) is 507 cm³/mol. The molecule has 16 aromatic carbocycles. The monoisotopic (exact) mass is 1580 g/mol. The Bertz CT molecular complexity index is 8170. The molecule has 0 saturated heterocycles. The lowest BCUT2D eigenvalue weighted by Gasteiger charge is -2.11. The van der Waals surface area contributed by atoms with E-state index in [9.17, 15) is 0 Å². The first kappa shape index (κ1) is 72.4. The number of fused-ring (bicyclic) bond motifs is 12. The number of furan rings is 2. The lowest BCUT2D eigenvalue weighted by atomic mass is 9.96. The number of rotatable bonds is 14. The molecular weight excluding hydrogens is 1510 g/mol. The molecule has 8 heterocycles. The highest BCUT2D eigenvalue weighted by Crippen LogP contribution is 2.46. The van der Waals surface area contributed by atoms with Gasteiger partial charge in [-0.25, -0.2) is 29.0 Å². The zero-order chi connectivity index (χ0) is 82.0. The summed E-state index contributed by atoms with van der Waals surface area (Å²) in [5.41, 5.74) is 31.8. The van der Waals surface area contributed by atoms with Crippen LogP contribution in [0.2, 0.25) is 0 Å². The molecule has 10 heteroatoms. The molecular formula is C114H72N8O2. The molecule has 0 amide bonds. The number of para-hydroxylation sites is 4. The van der Waals surface area contributed by atoms with E-state index in [0.717, 1.165) is 211 Å². The molecule has 0 bridgehead atoms. The minimum Gasteiger partial charge on any atom is -0.455 e. The Balaban J connectivity index is 0.000000143. The summed E-state index contributed by atoms with van der Waals surface area (Å²) in [7, 11) is 0. The van der Waals surface area contributed by atoms with Gasteiger partial charge in [0.15, 0.2) is 11.6 Å². The van der Waals surface area contributed by atoms with Crippen LogP contribution in [-0.2, 0) is 0 Å². The van der Waals surface area contributed by atoms with Gasteiger partial charge in [0.1, 0.15) is 33.7 Å². The van der Waals surface area contributed by atoms with Gasteiger partial charge in [0.2, 0.25) is 0 Å². The van der Waals surface area contributed by atoms with Gasteiger partial charge in [-0.05, 0) is 75.5 Å². The summed E-state index contributed by atoms with van der Waals surface area (Å²) in [6.07, 6.45) is 0. The maximum atomic E-state index is 6.44. The average Bonchev–Trinajstić information content (AvgIpc) is 1.56. The molecule has 0 fully saturated rings. The summed E-state index contributed by atoms with van der Waals surface area (Å²) in [4.78, 5) is 20.6. The van der Waals surface area contributed by atoms with Gasteiger partial charge in [0, 0.05) is 110 Å². The summed E-state index contributed by atoms with van der Waals surface area (Å²) in [5, 5.41) is 20.0. The Kier molecular flexibility index (Phi) is 18.0. The van der Waals surface area contributed by atoms with Crippen molar-refractivity contribution in [3.05, 3.63) is 437 Å². The normalized spacial score (nSPS) is 11.5. The quantitative estimate of drug-likeness (QED) is 0.106. The lowest BCUT2D eigenvalue weighted by Crippen LogP contribution is -1.96. The first-order valence-corrected chi connectivity index (χ1v) is 41.7. The minimum atomic E-state index is 0.666. The zero-order valence-corrected chi connectivity index (χ0v) is 67.0. The molecule has 0 radical (unpaired) electrons. The maximum absolute atomic E-state index is 6.44. The highest BCUT2D eigenvalue weighted by molar-refractivity contribution is 6.13. The third kappa shape index (κ3) is 13.1. The molecule has 0 N–H and O–H groups in total. The summed E-state index contributed by atoms with van der Waals surface area (Å²) in [6.45, 7) is 0. The lowest BCUT2D eigenvalue weighted by molar-refractivity contribution is 0.669. The summed E-state index contributed by atoms with van der Waals surface area (Å²) >= 11 is 0. The van der Waals surface area contributed by atoms with Crippen molar-refractivity contribution in [2.45, 2.75) is 0 Å². The van der Waals surface area contributed by atoms with E-state index in [0.29, 0.717) is 11.6 Å². The van der Waals surface area contributed by atoms with Gasteiger partial charge in [0.05, 0.1) is 45.2 Å². The molecule has 0 aliphatic heterocycles. The predicted octanol–water partition coefficient (Wildman–Crippen LogP) is 29.7. The summed E-state index contributed by atoms with van der Waals surface area (Å²) in [5.74, 6) is 1.34. The zero-order valence-electron chi connectivity index (χ0n) is 67.0. The molecule has 0 aliphatic rings. The largest absolute Gasteiger partial charge is 0.455 e. The minimum absolute atomic E-state index is 0.666. The number of pyridine rings is 2. The molecule has 8 aromatic heterocycles. The van der Waals surface area contributed by atoms with E-state index in [1.165, 1.54) is 10.8 Å². The molecule has 0 saturated carbocycles. The Morgan fingerprint density at radius 3 is 0.903 bits per heavy atom. The van der Waals surface area contributed by atoms with Crippen LogP contribution in [0.5, 0.6) is 0 Å². The highest BCUT2D eigenvalue weighted by atomic mass is 16.3. The van der Waals surface area contributed by atoms with Crippen LogP contribution in [0.4, 0.5) is 0 Å². The van der Waals surface area contributed by atoms with Crippen molar-refractivity contribution in [3.63, 3.8) is 0 Å². The molecule has 0 aliphatic carbocycles. The van der Waals surface area contributed by atoms with Crippen molar-refractivity contribution >= 4 is 76.5 Å². The topological polar surface area (TPSA) is 112 Å². The second-order valence-electron chi connectivity index (χ2n) is 31.2. The van der Waals surface area contributed by atoms with E-state index in [1.54, 1.807) is 0 Å². The molecule has 0 unspecified atom stereocenters. The molecule has 0 spiro atoms. The fraction of sp³-hybridized carbons (Fsp3) is 0. The van der Waals surface area contributed by atoms with E-state index >= 15 is 0 Å².